The van der Waals surface area contributed by atoms with Gasteiger partial charge in [0.05, 0.1) is 13.5 Å². The van der Waals surface area contributed by atoms with Gasteiger partial charge in [0.2, 0.25) is 0 Å². The molecule has 0 amide bonds. The van der Waals surface area contributed by atoms with Gasteiger partial charge in [-0.05, 0) is 24.5 Å². The molecule has 0 spiro atoms. The Morgan fingerprint density at radius 2 is 2.07 bits per heavy atom. The van der Waals surface area contributed by atoms with Crippen molar-refractivity contribution in [3.63, 3.8) is 0 Å². The molecule has 2 heteroatoms. The van der Waals surface area contributed by atoms with Gasteiger partial charge < -0.3 is 4.74 Å². The Kier molecular flexibility index (Phi) is 4.35. The smallest absolute Gasteiger partial charge is 0.309 e. The number of esters is 1. The highest BCUT2D eigenvalue weighted by atomic mass is 16.5. The number of rotatable bonds is 4. The topological polar surface area (TPSA) is 26.3 Å². The monoisotopic (exact) mass is 206 g/mol. The first kappa shape index (κ1) is 11.8. The number of carbonyl (C=O) groups excluding carboxylic acids is 1. The van der Waals surface area contributed by atoms with E-state index in [2.05, 4.69) is 29.9 Å². The van der Waals surface area contributed by atoms with Gasteiger partial charge in [0.15, 0.2) is 0 Å². The SMILES string of the molecule is CCCc1ccc(C)cc1CC(=O)OC. The van der Waals surface area contributed by atoms with Crippen LogP contribution in [0.4, 0.5) is 0 Å². The molecule has 1 rings (SSSR count). The zero-order chi connectivity index (χ0) is 11.3. The highest BCUT2D eigenvalue weighted by Gasteiger charge is 2.07. The van der Waals surface area contributed by atoms with E-state index in [1.165, 1.54) is 18.2 Å². The molecule has 0 atom stereocenters. The Balaban J connectivity index is 2.91. The van der Waals surface area contributed by atoms with Crippen molar-refractivity contribution in [3.05, 3.63) is 34.9 Å². The predicted molar refractivity (Wildman–Crippen MR) is 60.9 cm³/mol. The summed E-state index contributed by atoms with van der Waals surface area (Å²) >= 11 is 0. The molecule has 0 saturated heterocycles. The van der Waals surface area contributed by atoms with E-state index >= 15 is 0 Å². The van der Waals surface area contributed by atoms with Crippen LogP contribution in [-0.4, -0.2) is 13.1 Å². The molecule has 0 aliphatic rings. The van der Waals surface area contributed by atoms with E-state index in [1.54, 1.807) is 0 Å². The summed E-state index contributed by atoms with van der Waals surface area (Å²) in [7, 11) is 1.43. The van der Waals surface area contributed by atoms with Crippen molar-refractivity contribution in [3.8, 4) is 0 Å². The third kappa shape index (κ3) is 3.39. The van der Waals surface area contributed by atoms with Crippen LogP contribution in [0, 0.1) is 6.92 Å². The molecule has 0 unspecified atom stereocenters. The lowest BCUT2D eigenvalue weighted by atomic mass is 9.98. The number of hydrogen-bond donors (Lipinski definition) is 0. The maximum atomic E-state index is 11.2. The van der Waals surface area contributed by atoms with E-state index in [9.17, 15) is 4.79 Å². The first-order valence-corrected chi connectivity index (χ1v) is 5.32. The standard InChI is InChI=1S/C13H18O2/c1-4-5-11-7-6-10(2)8-12(11)9-13(14)15-3/h6-8H,4-5,9H2,1-3H3. The highest BCUT2D eigenvalue weighted by molar-refractivity contribution is 5.73. The number of methoxy groups -OCH3 is 1. The molecular formula is C13H18O2. The van der Waals surface area contributed by atoms with Crippen molar-refractivity contribution in [1.82, 2.24) is 0 Å². The average molecular weight is 206 g/mol. The van der Waals surface area contributed by atoms with Crippen molar-refractivity contribution in [1.29, 1.82) is 0 Å². The van der Waals surface area contributed by atoms with Crippen LogP contribution < -0.4 is 0 Å². The Hall–Kier alpha value is -1.31. The van der Waals surface area contributed by atoms with Gasteiger partial charge in [-0.25, -0.2) is 0 Å². The molecule has 0 radical (unpaired) electrons. The van der Waals surface area contributed by atoms with Crippen LogP contribution in [-0.2, 0) is 22.4 Å². The second-order valence-electron chi connectivity index (χ2n) is 3.78. The Bertz CT molecular complexity index is 342. The van der Waals surface area contributed by atoms with Crippen LogP contribution in [0.3, 0.4) is 0 Å². The summed E-state index contributed by atoms with van der Waals surface area (Å²) in [5.74, 6) is -0.169. The third-order valence-electron chi connectivity index (χ3n) is 2.44. The zero-order valence-corrected chi connectivity index (χ0v) is 9.67. The maximum Gasteiger partial charge on any atom is 0.309 e. The van der Waals surface area contributed by atoms with E-state index in [4.69, 9.17) is 0 Å². The van der Waals surface area contributed by atoms with E-state index in [0.717, 1.165) is 18.4 Å². The fourth-order valence-corrected chi connectivity index (χ4v) is 1.66. The molecule has 0 heterocycles. The van der Waals surface area contributed by atoms with Gasteiger partial charge in [-0.1, -0.05) is 37.1 Å². The Morgan fingerprint density at radius 3 is 2.67 bits per heavy atom. The summed E-state index contributed by atoms with van der Waals surface area (Å²) in [6.45, 7) is 4.18. The zero-order valence-electron chi connectivity index (χ0n) is 9.67. The van der Waals surface area contributed by atoms with Crippen LogP contribution in [0.1, 0.15) is 30.0 Å². The number of carbonyl (C=O) groups is 1. The molecule has 1 aromatic rings. The minimum absolute atomic E-state index is 0.169. The van der Waals surface area contributed by atoms with Gasteiger partial charge in [0, 0.05) is 0 Å². The molecule has 0 fully saturated rings. The maximum absolute atomic E-state index is 11.2. The molecule has 15 heavy (non-hydrogen) atoms. The molecule has 0 aromatic heterocycles. The second-order valence-corrected chi connectivity index (χ2v) is 3.78. The molecule has 0 aliphatic heterocycles. The summed E-state index contributed by atoms with van der Waals surface area (Å²) in [5, 5.41) is 0. The number of benzene rings is 1. The predicted octanol–water partition coefficient (Wildman–Crippen LogP) is 2.66. The van der Waals surface area contributed by atoms with Crippen LogP contribution in [0.5, 0.6) is 0 Å². The molecule has 0 N–H and O–H groups in total. The normalized spacial score (nSPS) is 10.1. The fraction of sp³-hybridized carbons (Fsp3) is 0.462. The number of ether oxygens (including phenoxy) is 1. The number of aryl methyl sites for hydroxylation is 2. The largest absolute Gasteiger partial charge is 0.469 e. The van der Waals surface area contributed by atoms with Gasteiger partial charge in [0.1, 0.15) is 0 Å². The van der Waals surface area contributed by atoms with E-state index in [-0.39, 0.29) is 5.97 Å². The highest BCUT2D eigenvalue weighted by Crippen LogP contribution is 2.14. The molecule has 1 aromatic carbocycles. The lowest BCUT2D eigenvalue weighted by Crippen LogP contribution is -2.07. The molecule has 82 valence electrons. The van der Waals surface area contributed by atoms with Crippen molar-refractivity contribution in [2.45, 2.75) is 33.1 Å². The van der Waals surface area contributed by atoms with Crippen molar-refractivity contribution in [2.24, 2.45) is 0 Å². The van der Waals surface area contributed by atoms with Gasteiger partial charge in [0.25, 0.3) is 0 Å². The van der Waals surface area contributed by atoms with Crippen molar-refractivity contribution >= 4 is 5.97 Å². The third-order valence-corrected chi connectivity index (χ3v) is 2.44. The van der Waals surface area contributed by atoms with E-state index in [0.29, 0.717) is 6.42 Å². The molecule has 0 saturated carbocycles. The van der Waals surface area contributed by atoms with Crippen LogP contribution in [0.15, 0.2) is 18.2 Å². The summed E-state index contributed by atoms with van der Waals surface area (Å²) in [6, 6.07) is 6.27. The summed E-state index contributed by atoms with van der Waals surface area (Å²) in [6.07, 6.45) is 2.50. The first-order valence-electron chi connectivity index (χ1n) is 5.32. The average Bonchev–Trinajstić information content (AvgIpc) is 2.22. The van der Waals surface area contributed by atoms with Crippen LogP contribution in [0.25, 0.3) is 0 Å². The Morgan fingerprint density at radius 1 is 1.33 bits per heavy atom. The minimum atomic E-state index is -0.169. The van der Waals surface area contributed by atoms with E-state index < -0.39 is 0 Å². The van der Waals surface area contributed by atoms with Gasteiger partial charge in [-0.2, -0.15) is 0 Å². The Labute approximate surface area is 91.3 Å². The van der Waals surface area contributed by atoms with Crippen LogP contribution in [0.2, 0.25) is 0 Å². The minimum Gasteiger partial charge on any atom is -0.469 e. The summed E-state index contributed by atoms with van der Waals surface area (Å²) in [5.41, 5.74) is 3.55. The fourth-order valence-electron chi connectivity index (χ4n) is 1.66. The lowest BCUT2D eigenvalue weighted by molar-refractivity contribution is -0.139. The number of hydrogen-bond acceptors (Lipinski definition) is 2. The molecule has 0 bridgehead atoms. The van der Waals surface area contributed by atoms with Gasteiger partial charge in [-0.3, -0.25) is 4.79 Å². The second kappa shape index (κ2) is 5.54. The lowest BCUT2D eigenvalue weighted by Gasteiger charge is -2.08. The van der Waals surface area contributed by atoms with Crippen LogP contribution >= 0.6 is 0 Å². The van der Waals surface area contributed by atoms with Gasteiger partial charge in [-0.15, -0.1) is 0 Å². The molecule has 0 aliphatic carbocycles. The molecular weight excluding hydrogens is 188 g/mol. The van der Waals surface area contributed by atoms with Gasteiger partial charge >= 0.3 is 5.97 Å². The van der Waals surface area contributed by atoms with E-state index in [1.807, 2.05) is 6.92 Å². The summed E-state index contributed by atoms with van der Waals surface area (Å²) in [4.78, 5) is 11.2. The summed E-state index contributed by atoms with van der Waals surface area (Å²) < 4.78 is 4.69. The van der Waals surface area contributed by atoms with Crippen molar-refractivity contribution < 1.29 is 9.53 Å². The first-order chi connectivity index (χ1) is 7.17. The quantitative estimate of drug-likeness (QED) is 0.708. The van der Waals surface area contributed by atoms with Crippen molar-refractivity contribution in [2.75, 3.05) is 7.11 Å². The molecule has 2 nitrogen and oxygen atoms in total.